The number of phenols is 2. The minimum absolute atomic E-state index is 0.0489. The molecule has 2 heterocycles. The second-order valence-corrected chi connectivity index (χ2v) is 8.62. The summed E-state index contributed by atoms with van der Waals surface area (Å²) in [6, 6.07) is 6.51. The molecule has 1 fully saturated rings. The third-order valence-corrected chi connectivity index (χ3v) is 6.63. The molecule has 1 saturated heterocycles. The summed E-state index contributed by atoms with van der Waals surface area (Å²) in [5, 5.41) is 39.7. The number of carbonyl (C=O) groups is 1. The van der Waals surface area contributed by atoms with Gasteiger partial charge in [-0.15, -0.1) is 0 Å². The van der Waals surface area contributed by atoms with Crippen molar-refractivity contribution in [3.05, 3.63) is 56.2 Å². The number of aromatic hydroxyl groups is 2. The number of phenolic OH excluding ortho intramolecular Hbond substituents is 2. The van der Waals surface area contributed by atoms with Crippen LogP contribution >= 0.6 is 15.9 Å². The van der Waals surface area contributed by atoms with Crippen LogP contribution in [0.2, 0.25) is 0 Å². The average Bonchev–Trinajstić information content (AvgIpc) is 3.12. The lowest BCUT2D eigenvalue weighted by atomic mass is 9.89. The lowest BCUT2D eigenvalue weighted by Crippen LogP contribution is -2.32. The van der Waals surface area contributed by atoms with Gasteiger partial charge in [-0.25, -0.2) is 5.48 Å². The van der Waals surface area contributed by atoms with E-state index in [2.05, 4.69) is 15.9 Å². The molecule has 2 atom stereocenters. The van der Waals surface area contributed by atoms with Gasteiger partial charge in [-0.3, -0.25) is 14.8 Å². The number of nitrogens with zero attached hydrogens (tertiary/aromatic N) is 1. The summed E-state index contributed by atoms with van der Waals surface area (Å²) >= 11 is 3.35. The maximum Gasteiger partial charge on any atom is 0.274 e. The van der Waals surface area contributed by atoms with Gasteiger partial charge in [0.1, 0.15) is 28.2 Å². The Morgan fingerprint density at radius 3 is 2.66 bits per heavy atom. The number of likely N-dealkylation sites (tertiary alicyclic amines) is 1. The molecule has 4 rings (SSSR count). The first-order valence-electron chi connectivity index (χ1n) is 9.85. The quantitative estimate of drug-likeness (QED) is 0.269. The second kappa shape index (κ2) is 8.55. The Kier molecular flexibility index (Phi) is 5.95. The van der Waals surface area contributed by atoms with Crippen LogP contribution in [0.15, 0.2) is 44.0 Å². The van der Waals surface area contributed by atoms with E-state index >= 15 is 0 Å². The molecular weight excluding hydrogens is 484 g/mol. The molecule has 0 spiro atoms. The SMILES string of the molecule is CN1CC[C@H](c2c(O)cc(O)c3c(=O)cc(-c4ccc(C(=O)NO)cc4Br)oc23)[C@H]1CO. The first-order chi connectivity index (χ1) is 15.3. The fourth-order valence-corrected chi connectivity index (χ4v) is 4.92. The van der Waals surface area contributed by atoms with E-state index in [9.17, 15) is 24.9 Å². The van der Waals surface area contributed by atoms with E-state index < -0.39 is 17.1 Å². The van der Waals surface area contributed by atoms with Crippen LogP contribution in [-0.4, -0.2) is 57.6 Å². The largest absolute Gasteiger partial charge is 0.507 e. The van der Waals surface area contributed by atoms with Gasteiger partial charge in [0.15, 0.2) is 5.43 Å². The van der Waals surface area contributed by atoms with Gasteiger partial charge in [0, 0.05) is 45.3 Å². The predicted octanol–water partition coefficient (Wildman–Crippen LogP) is 2.53. The van der Waals surface area contributed by atoms with E-state index in [4.69, 9.17) is 9.62 Å². The number of aliphatic hydroxyl groups is 1. The number of likely N-dealkylation sites (N-methyl/N-ethyl adjacent to an activating group) is 1. The minimum atomic E-state index is -0.699. The van der Waals surface area contributed by atoms with Gasteiger partial charge in [0.2, 0.25) is 0 Å². The fourth-order valence-electron chi connectivity index (χ4n) is 4.34. The topological polar surface area (TPSA) is 143 Å². The van der Waals surface area contributed by atoms with Gasteiger partial charge >= 0.3 is 0 Å². The molecule has 0 aliphatic carbocycles. The zero-order chi connectivity index (χ0) is 23.2. The monoisotopic (exact) mass is 504 g/mol. The van der Waals surface area contributed by atoms with Crippen molar-refractivity contribution in [1.82, 2.24) is 10.4 Å². The maximum absolute atomic E-state index is 12.9. The van der Waals surface area contributed by atoms with Gasteiger partial charge in [0.05, 0.1) is 6.61 Å². The molecule has 0 radical (unpaired) electrons. The summed E-state index contributed by atoms with van der Waals surface area (Å²) in [6.07, 6.45) is 0.623. The highest BCUT2D eigenvalue weighted by Crippen LogP contribution is 2.44. The van der Waals surface area contributed by atoms with Gasteiger partial charge < -0.3 is 24.6 Å². The highest BCUT2D eigenvalue weighted by molar-refractivity contribution is 9.10. The third kappa shape index (κ3) is 3.65. The zero-order valence-electron chi connectivity index (χ0n) is 17.0. The number of benzene rings is 2. The highest BCUT2D eigenvalue weighted by Gasteiger charge is 2.36. The Morgan fingerprint density at radius 1 is 1.25 bits per heavy atom. The number of hydrogen-bond donors (Lipinski definition) is 5. The summed E-state index contributed by atoms with van der Waals surface area (Å²) in [5.74, 6) is -1.48. The molecule has 2 aromatic carbocycles. The fraction of sp³-hybridized carbons (Fsp3) is 0.273. The summed E-state index contributed by atoms with van der Waals surface area (Å²) in [4.78, 5) is 26.6. The lowest BCUT2D eigenvalue weighted by Gasteiger charge is -2.24. The van der Waals surface area contributed by atoms with Crippen LogP contribution in [0.4, 0.5) is 0 Å². The summed E-state index contributed by atoms with van der Waals surface area (Å²) in [5.41, 5.74) is 2.09. The van der Waals surface area contributed by atoms with E-state index in [1.54, 1.807) is 11.5 Å². The molecule has 5 N–H and O–H groups in total. The van der Waals surface area contributed by atoms with Crippen LogP contribution in [0, 0.1) is 0 Å². The van der Waals surface area contributed by atoms with E-state index in [1.165, 1.54) is 18.2 Å². The molecule has 1 amide bonds. The van der Waals surface area contributed by atoms with E-state index in [0.29, 0.717) is 28.6 Å². The van der Waals surface area contributed by atoms with Crippen molar-refractivity contribution in [2.75, 3.05) is 20.2 Å². The van der Waals surface area contributed by atoms with Crippen LogP contribution in [0.25, 0.3) is 22.3 Å². The summed E-state index contributed by atoms with van der Waals surface area (Å²) < 4.78 is 6.50. The van der Waals surface area contributed by atoms with E-state index in [-0.39, 0.29) is 46.6 Å². The van der Waals surface area contributed by atoms with Crippen molar-refractivity contribution >= 4 is 32.8 Å². The van der Waals surface area contributed by atoms with Crippen LogP contribution in [-0.2, 0) is 0 Å². The molecular formula is C22H21BrN2O7. The van der Waals surface area contributed by atoms with Crippen LogP contribution in [0.5, 0.6) is 11.5 Å². The molecule has 168 valence electrons. The van der Waals surface area contributed by atoms with Crippen LogP contribution in [0.3, 0.4) is 0 Å². The van der Waals surface area contributed by atoms with Crippen molar-refractivity contribution < 1.29 is 29.7 Å². The summed E-state index contributed by atoms with van der Waals surface area (Å²) in [7, 11) is 1.86. The normalized spacial score (nSPS) is 18.9. The zero-order valence-corrected chi connectivity index (χ0v) is 18.6. The first-order valence-corrected chi connectivity index (χ1v) is 10.6. The molecule has 10 heteroatoms. The van der Waals surface area contributed by atoms with Crippen LogP contribution < -0.4 is 10.9 Å². The van der Waals surface area contributed by atoms with Gasteiger partial charge in [-0.05, 0) is 38.2 Å². The predicted molar refractivity (Wildman–Crippen MR) is 119 cm³/mol. The molecule has 1 aromatic heterocycles. The third-order valence-electron chi connectivity index (χ3n) is 5.98. The number of carbonyl (C=O) groups excluding carboxylic acids is 1. The number of aliphatic hydroxyl groups excluding tert-OH is 1. The molecule has 3 aromatic rings. The molecule has 1 aliphatic heterocycles. The van der Waals surface area contributed by atoms with Crippen molar-refractivity contribution in [2.24, 2.45) is 0 Å². The molecule has 0 saturated carbocycles. The van der Waals surface area contributed by atoms with Crippen molar-refractivity contribution in [3.63, 3.8) is 0 Å². The number of hydrogen-bond acceptors (Lipinski definition) is 8. The van der Waals surface area contributed by atoms with E-state index in [0.717, 1.165) is 6.07 Å². The standard InChI is InChI=1S/C22H21BrN2O7/c1-25-5-4-12(14(25)9-26)19-15(27)7-16(28)20-17(29)8-18(32-21(19)20)11-3-2-10(6-13(11)23)22(30)24-31/h2-3,6-8,12,14,26-28,31H,4-5,9H2,1H3,(H,24,30)/t12-,14+/m0/s1. The lowest BCUT2D eigenvalue weighted by molar-refractivity contribution is 0.0706. The second-order valence-electron chi connectivity index (χ2n) is 7.77. The van der Waals surface area contributed by atoms with Crippen molar-refractivity contribution in [1.29, 1.82) is 0 Å². The molecule has 1 aliphatic rings. The Labute approximate surface area is 190 Å². The first kappa shape index (κ1) is 22.3. The Hall–Kier alpha value is -2.92. The average molecular weight is 505 g/mol. The molecule has 0 bridgehead atoms. The van der Waals surface area contributed by atoms with Gasteiger partial charge in [-0.2, -0.15) is 0 Å². The Bertz CT molecular complexity index is 1270. The number of amides is 1. The van der Waals surface area contributed by atoms with Crippen molar-refractivity contribution in [3.8, 4) is 22.8 Å². The van der Waals surface area contributed by atoms with Gasteiger partial charge in [-0.1, -0.05) is 15.9 Å². The highest BCUT2D eigenvalue weighted by atomic mass is 79.9. The summed E-state index contributed by atoms with van der Waals surface area (Å²) in [6.45, 7) is 0.536. The number of rotatable bonds is 4. The Balaban J connectivity index is 1.95. The maximum atomic E-state index is 12.9. The van der Waals surface area contributed by atoms with E-state index in [1.807, 2.05) is 11.9 Å². The smallest absolute Gasteiger partial charge is 0.274 e. The number of nitrogens with one attached hydrogen (secondary N) is 1. The number of hydroxylamine groups is 1. The van der Waals surface area contributed by atoms with Gasteiger partial charge in [0.25, 0.3) is 5.91 Å². The Morgan fingerprint density at radius 2 is 2.00 bits per heavy atom. The molecule has 0 unspecified atom stereocenters. The minimum Gasteiger partial charge on any atom is -0.507 e. The van der Waals surface area contributed by atoms with Crippen molar-refractivity contribution in [2.45, 2.75) is 18.4 Å². The van der Waals surface area contributed by atoms with Crippen LogP contribution in [0.1, 0.15) is 28.3 Å². The molecule has 32 heavy (non-hydrogen) atoms. The molecule has 9 nitrogen and oxygen atoms in total. The number of fused-ring (bicyclic) bond motifs is 1. The number of halogens is 1.